The zero-order valence-corrected chi connectivity index (χ0v) is 15.6. The summed E-state index contributed by atoms with van der Waals surface area (Å²) in [7, 11) is 1.78. The maximum Gasteiger partial charge on any atom is 0.273 e. The second-order valence-corrected chi connectivity index (χ2v) is 7.20. The molecular formula is C20H25N5O2. The van der Waals surface area contributed by atoms with Crippen molar-refractivity contribution in [3.8, 4) is 5.75 Å². The lowest BCUT2D eigenvalue weighted by Crippen LogP contribution is -2.35. The smallest absolute Gasteiger partial charge is 0.273 e. The number of hydrogen-bond acceptors (Lipinski definition) is 6. The summed E-state index contributed by atoms with van der Waals surface area (Å²) < 4.78 is 0. The van der Waals surface area contributed by atoms with Crippen LogP contribution in [0.5, 0.6) is 5.75 Å². The number of phenolic OH excluding ortho intramolecular Hbond substituents is 1. The summed E-state index contributed by atoms with van der Waals surface area (Å²) in [5, 5.41) is 12.5. The molecule has 27 heavy (non-hydrogen) atoms. The SMILES string of the molecule is CNc1nc2c(c(C(=O)N3CCCC3)n1)CN(Cc1ccc(O)cc1)CC2. The topological polar surface area (TPSA) is 81.6 Å². The normalized spacial score (nSPS) is 17.0. The second-order valence-electron chi connectivity index (χ2n) is 7.20. The maximum absolute atomic E-state index is 13.1. The van der Waals surface area contributed by atoms with Gasteiger partial charge in [-0.3, -0.25) is 9.69 Å². The third-order valence-corrected chi connectivity index (χ3v) is 5.30. The Balaban J connectivity index is 1.60. The van der Waals surface area contributed by atoms with E-state index in [2.05, 4.69) is 20.2 Å². The van der Waals surface area contributed by atoms with Crippen LogP contribution in [0.4, 0.5) is 5.95 Å². The molecule has 2 aliphatic rings. The van der Waals surface area contributed by atoms with Gasteiger partial charge in [-0.2, -0.15) is 0 Å². The van der Waals surface area contributed by atoms with Crippen molar-refractivity contribution in [3.05, 3.63) is 46.8 Å². The van der Waals surface area contributed by atoms with E-state index in [-0.39, 0.29) is 11.7 Å². The third-order valence-electron chi connectivity index (χ3n) is 5.30. The quantitative estimate of drug-likeness (QED) is 0.860. The number of nitrogens with zero attached hydrogens (tertiary/aromatic N) is 4. The number of phenols is 1. The average Bonchev–Trinajstić information content (AvgIpc) is 3.23. The molecule has 1 aromatic carbocycles. The van der Waals surface area contributed by atoms with Crippen molar-refractivity contribution < 1.29 is 9.90 Å². The van der Waals surface area contributed by atoms with Crippen molar-refractivity contribution in [2.24, 2.45) is 0 Å². The highest BCUT2D eigenvalue weighted by Gasteiger charge is 2.29. The lowest BCUT2D eigenvalue weighted by molar-refractivity contribution is 0.0783. The Kier molecular flexibility index (Phi) is 4.94. The molecule has 4 rings (SSSR count). The van der Waals surface area contributed by atoms with Crippen LogP contribution in [-0.2, 0) is 19.5 Å². The Morgan fingerprint density at radius 2 is 1.89 bits per heavy atom. The number of amides is 1. The highest BCUT2D eigenvalue weighted by Crippen LogP contribution is 2.25. The van der Waals surface area contributed by atoms with Crippen LogP contribution in [0.1, 0.15) is 40.2 Å². The monoisotopic (exact) mass is 367 g/mol. The number of nitrogens with one attached hydrogen (secondary N) is 1. The molecule has 2 aromatic rings. The predicted molar refractivity (Wildman–Crippen MR) is 103 cm³/mol. The summed E-state index contributed by atoms with van der Waals surface area (Å²) in [6.07, 6.45) is 2.92. The highest BCUT2D eigenvalue weighted by molar-refractivity contribution is 5.94. The van der Waals surface area contributed by atoms with Gasteiger partial charge in [-0.15, -0.1) is 0 Å². The van der Waals surface area contributed by atoms with Crippen LogP contribution in [0.25, 0.3) is 0 Å². The van der Waals surface area contributed by atoms with Gasteiger partial charge in [0.15, 0.2) is 0 Å². The van der Waals surface area contributed by atoms with Crippen LogP contribution < -0.4 is 5.32 Å². The number of fused-ring (bicyclic) bond motifs is 1. The van der Waals surface area contributed by atoms with Gasteiger partial charge in [0.05, 0.1) is 5.69 Å². The molecule has 1 fully saturated rings. The molecular weight excluding hydrogens is 342 g/mol. The molecule has 2 aliphatic heterocycles. The first-order chi connectivity index (χ1) is 13.1. The lowest BCUT2D eigenvalue weighted by Gasteiger charge is -2.30. The molecule has 1 saturated heterocycles. The van der Waals surface area contributed by atoms with E-state index >= 15 is 0 Å². The van der Waals surface area contributed by atoms with Crippen LogP contribution in [0.3, 0.4) is 0 Å². The van der Waals surface area contributed by atoms with Gasteiger partial charge in [0.1, 0.15) is 11.4 Å². The van der Waals surface area contributed by atoms with Crippen LogP contribution in [0.2, 0.25) is 0 Å². The fourth-order valence-electron chi connectivity index (χ4n) is 3.82. The van der Waals surface area contributed by atoms with Gasteiger partial charge in [-0.05, 0) is 30.5 Å². The molecule has 0 atom stereocenters. The maximum atomic E-state index is 13.1. The fraction of sp³-hybridized carbons (Fsp3) is 0.450. The molecule has 0 spiro atoms. The van der Waals surface area contributed by atoms with Gasteiger partial charge in [0, 0.05) is 51.8 Å². The number of likely N-dealkylation sites (tertiary alicyclic amines) is 1. The number of anilines is 1. The Hall–Kier alpha value is -2.67. The first kappa shape index (κ1) is 17.7. The number of carbonyl (C=O) groups excluding carboxylic acids is 1. The molecule has 2 N–H and O–H groups in total. The second kappa shape index (κ2) is 7.52. The Morgan fingerprint density at radius 1 is 1.15 bits per heavy atom. The summed E-state index contributed by atoms with van der Waals surface area (Å²) in [5.41, 5.74) is 3.60. The number of hydrogen-bond donors (Lipinski definition) is 2. The van der Waals surface area contributed by atoms with Crippen molar-refractivity contribution in [1.29, 1.82) is 0 Å². The van der Waals surface area contributed by atoms with Crippen molar-refractivity contribution >= 4 is 11.9 Å². The predicted octanol–water partition coefficient (Wildman–Crippen LogP) is 2.02. The zero-order valence-electron chi connectivity index (χ0n) is 15.6. The van der Waals surface area contributed by atoms with Crippen molar-refractivity contribution in [1.82, 2.24) is 19.8 Å². The first-order valence-corrected chi connectivity index (χ1v) is 9.51. The van der Waals surface area contributed by atoms with Gasteiger partial charge in [-0.1, -0.05) is 12.1 Å². The number of rotatable bonds is 4. The molecule has 7 heteroatoms. The summed E-state index contributed by atoms with van der Waals surface area (Å²) in [5.74, 6) is 0.812. The number of benzene rings is 1. The summed E-state index contributed by atoms with van der Waals surface area (Å²) >= 11 is 0. The van der Waals surface area contributed by atoms with E-state index in [9.17, 15) is 9.90 Å². The van der Waals surface area contributed by atoms with Crippen LogP contribution in [0.15, 0.2) is 24.3 Å². The number of aromatic hydroxyl groups is 1. The highest BCUT2D eigenvalue weighted by atomic mass is 16.3. The minimum atomic E-state index is 0.0223. The van der Waals surface area contributed by atoms with Crippen LogP contribution in [0, 0.1) is 0 Å². The molecule has 0 unspecified atom stereocenters. The van der Waals surface area contributed by atoms with E-state index in [4.69, 9.17) is 0 Å². The molecule has 0 radical (unpaired) electrons. The Bertz CT molecular complexity index is 831. The van der Waals surface area contributed by atoms with Crippen LogP contribution in [-0.4, -0.2) is 57.5 Å². The third kappa shape index (κ3) is 3.73. The first-order valence-electron chi connectivity index (χ1n) is 9.51. The molecule has 7 nitrogen and oxygen atoms in total. The van der Waals surface area contributed by atoms with E-state index in [0.29, 0.717) is 18.2 Å². The van der Waals surface area contributed by atoms with Gasteiger partial charge in [0.25, 0.3) is 5.91 Å². The van der Waals surface area contributed by atoms with Gasteiger partial charge >= 0.3 is 0 Å². The van der Waals surface area contributed by atoms with E-state index in [1.807, 2.05) is 17.0 Å². The average molecular weight is 367 g/mol. The van der Waals surface area contributed by atoms with E-state index in [0.717, 1.165) is 62.3 Å². The fourth-order valence-corrected chi connectivity index (χ4v) is 3.82. The van der Waals surface area contributed by atoms with Gasteiger partial charge < -0.3 is 15.3 Å². The molecule has 1 amide bonds. The summed E-state index contributed by atoms with van der Waals surface area (Å²) in [4.78, 5) is 26.4. The van der Waals surface area contributed by atoms with Crippen LogP contribution >= 0.6 is 0 Å². The molecule has 0 aliphatic carbocycles. The van der Waals surface area contributed by atoms with E-state index in [1.165, 1.54) is 0 Å². The molecule has 3 heterocycles. The van der Waals surface area contributed by atoms with E-state index < -0.39 is 0 Å². The summed E-state index contributed by atoms with van der Waals surface area (Å²) in [6.45, 7) is 3.93. The lowest BCUT2D eigenvalue weighted by atomic mass is 10.0. The van der Waals surface area contributed by atoms with Gasteiger partial charge in [0.2, 0.25) is 5.95 Å². The van der Waals surface area contributed by atoms with E-state index in [1.54, 1.807) is 19.2 Å². The zero-order chi connectivity index (χ0) is 18.8. The van der Waals surface area contributed by atoms with Crippen molar-refractivity contribution in [2.45, 2.75) is 32.4 Å². The molecule has 0 bridgehead atoms. The Morgan fingerprint density at radius 3 is 2.59 bits per heavy atom. The minimum Gasteiger partial charge on any atom is -0.508 e. The van der Waals surface area contributed by atoms with Gasteiger partial charge in [-0.25, -0.2) is 9.97 Å². The molecule has 0 saturated carbocycles. The molecule has 1 aromatic heterocycles. The number of carbonyl (C=O) groups is 1. The number of aromatic nitrogens is 2. The van der Waals surface area contributed by atoms with Crippen molar-refractivity contribution in [2.75, 3.05) is 32.0 Å². The largest absolute Gasteiger partial charge is 0.508 e. The summed E-state index contributed by atoms with van der Waals surface area (Å²) in [6, 6.07) is 7.28. The van der Waals surface area contributed by atoms with Crippen molar-refractivity contribution in [3.63, 3.8) is 0 Å². The molecule has 142 valence electrons. The standard InChI is InChI=1S/C20H25N5O2/c1-21-20-22-17-8-11-24(12-14-4-6-15(26)7-5-14)13-16(17)18(23-20)19(27)25-9-2-3-10-25/h4-7,26H,2-3,8-13H2,1H3,(H,21,22,23). The Labute approximate surface area is 159 Å². The minimum absolute atomic E-state index is 0.0223.